The van der Waals surface area contributed by atoms with Crippen molar-refractivity contribution >= 4 is 5.69 Å². The van der Waals surface area contributed by atoms with E-state index in [9.17, 15) is 0 Å². The predicted molar refractivity (Wildman–Crippen MR) is 82.3 cm³/mol. The molecule has 3 heteroatoms. The van der Waals surface area contributed by atoms with Crippen molar-refractivity contribution in [1.29, 1.82) is 0 Å². The molecule has 0 bridgehead atoms. The normalized spacial score (nSPS) is 19.3. The van der Waals surface area contributed by atoms with Crippen LogP contribution in [0.25, 0.3) is 0 Å². The van der Waals surface area contributed by atoms with Gasteiger partial charge in [0.15, 0.2) is 0 Å². The van der Waals surface area contributed by atoms with Crippen molar-refractivity contribution in [2.75, 3.05) is 18.8 Å². The van der Waals surface area contributed by atoms with Gasteiger partial charge >= 0.3 is 0 Å². The fourth-order valence-corrected chi connectivity index (χ4v) is 3.00. The third-order valence-corrected chi connectivity index (χ3v) is 4.10. The number of likely N-dealkylation sites (tertiary alicyclic amines) is 1. The van der Waals surface area contributed by atoms with Crippen LogP contribution in [0.3, 0.4) is 0 Å². The Morgan fingerprint density at radius 3 is 2.80 bits per heavy atom. The molecule has 1 aliphatic heterocycles. The maximum absolute atomic E-state index is 5.73. The molecule has 1 atom stereocenters. The summed E-state index contributed by atoms with van der Waals surface area (Å²) in [5.74, 6) is 0. The van der Waals surface area contributed by atoms with E-state index in [0.717, 1.165) is 18.7 Å². The van der Waals surface area contributed by atoms with Crippen LogP contribution in [0.15, 0.2) is 48.8 Å². The van der Waals surface area contributed by atoms with Gasteiger partial charge in [0.2, 0.25) is 0 Å². The molecule has 0 amide bonds. The average Bonchev–Trinajstić information content (AvgIpc) is 2.96. The lowest BCUT2D eigenvalue weighted by molar-refractivity contribution is 0.260. The lowest BCUT2D eigenvalue weighted by atomic mass is 10.1. The van der Waals surface area contributed by atoms with Gasteiger partial charge in [0, 0.05) is 30.7 Å². The highest BCUT2D eigenvalue weighted by atomic mass is 15.2. The molecule has 1 saturated heterocycles. The Labute approximate surface area is 120 Å². The summed E-state index contributed by atoms with van der Waals surface area (Å²) >= 11 is 0. The average molecular weight is 267 g/mol. The molecule has 2 aromatic rings. The number of anilines is 1. The largest absolute Gasteiger partial charge is 0.399 e. The summed E-state index contributed by atoms with van der Waals surface area (Å²) in [5.41, 5.74) is 9.27. The Morgan fingerprint density at radius 2 is 2.05 bits per heavy atom. The number of hydrogen-bond acceptors (Lipinski definition) is 3. The van der Waals surface area contributed by atoms with Crippen LogP contribution in [0.5, 0.6) is 0 Å². The van der Waals surface area contributed by atoms with E-state index in [0.29, 0.717) is 6.04 Å². The fourth-order valence-electron chi connectivity index (χ4n) is 3.00. The van der Waals surface area contributed by atoms with Gasteiger partial charge < -0.3 is 5.73 Å². The summed E-state index contributed by atoms with van der Waals surface area (Å²) in [4.78, 5) is 6.83. The van der Waals surface area contributed by atoms with Crippen LogP contribution in [-0.2, 0) is 6.42 Å². The number of benzene rings is 1. The minimum absolute atomic E-state index is 0.539. The minimum atomic E-state index is 0.539. The van der Waals surface area contributed by atoms with Gasteiger partial charge in [-0.25, -0.2) is 0 Å². The van der Waals surface area contributed by atoms with Crippen LogP contribution in [0.2, 0.25) is 0 Å². The lowest BCUT2D eigenvalue weighted by Gasteiger charge is -2.24. The third-order valence-electron chi connectivity index (χ3n) is 4.10. The van der Waals surface area contributed by atoms with E-state index in [4.69, 9.17) is 5.73 Å². The Hall–Kier alpha value is -1.87. The van der Waals surface area contributed by atoms with Crippen molar-refractivity contribution in [1.82, 2.24) is 9.88 Å². The summed E-state index contributed by atoms with van der Waals surface area (Å²) < 4.78 is 0. The summed E-state index contributed by atoms with van der Waals surface area (Å²) in [6.45, 7) is 2.29. The second kappa shape index (κ2) is 6.06. The van der Waals surface area contributed by atoms with E-state index in [-0.39, 0.29) is 0 Å². The Kier molecular flexibility index (Phi) is 3.97. The monoisotopic (exact) mass is 267 g/mol. The van der Waals surface area contributed by atoms with Crippen LogP contribution in [0.4, 0.5) is 5.69 Å². The van der Waals surface area contributed by atoms with Crippen LogP contribution < -0.4 is 5.73 Å². The predicted octanol–water partition coefficient (Wildman–Crippen LogP) is 3.04. The minimum Gasteiger partial charge on any atom is -0.399 e. The first-order valence-electron chi connectivity index (χ1n) is 7.31. The third kappa shape index (κ3) is 2.99. The second-order valence-electron chi connectivity index (χ2n) is 5.47. The second-order valence-corrected chi connectivity index (χ2v) is 5.47. The van der Waals surface area contributed by atoms with Gasteiger partial charge in [0.1, 0.15) is 0 Å². The zero-order valence-corrected chi connectivity index (χ0v) is 11.7. The summed E-state index contributed by atoms with van der Waals surface area (Å²) in [5, 5.41) is 0. The molecule has 20 heavy (non-hydrogen) atoms. The van der Waals surface area contributed by atoms with Crippen LogP contribution >= 0.6 is 0 Å². The van der Waals surface area contributed by atoms with E-state index in [1.165, 1.54) is 30.5 Å². The first-order valence-corrected chi connectivity index (χ1v) is 7.31. The molecule has 3 nitrogen and oxygen atoms in total. The van der Waals surface area contributed by atoms with Crippen molar-refractivity contribution in [2.24, 2.45) is 0 Å². The standard InChI is InChI=1S/C17H21N3/c18-16-7-5-14(6-8-16)9-12-20-11-2-4-17(20)15-3-1-10-19-13-15/h1,3,5-8,10,13,17H,2,4,9,11-12,18H2. The Bertz CT molecular complexity index is 536. The fraction of sp³-hybridized carbons (Fsp3) is 0.353. The highest BCUT2D eigenvalue weighted by Gasteiger charge is 2.25. The molecule has 1 aliphatic rings. The highest BCUT2D eigenvalue weighted by molar-refractivity contribution is 5.39. The van der Waals surface area contributed by atoms with E-state index in [1.807, 2.05) is 30.6 Å². The molecule has 1 aromatic heterocycles. The number of nitrogen functional groups attached to an aromatic ring is 1. The lowest BCUT2D eigenvalue weighted by Crippen LogP contribution is -2.25. The zero-order valence-electron chi connectivity index (χ0n) is 11.7. The van der Waals surface area contributed by atoms with Gasteiger partial charge in [-0.2, -0.15) is 0 Å². The number of aromatic nitrogens is 1. The van der Waals surface area contributed by atoms with E-state index < -0.39 is 0 Å². The SMILES string of the molecule is Nc1ccc(CCN2CCCC2c2cccnc2)cc1. The molecule has 1 fully saturated rings. The first-order chi connectivity index (χ1) is 9.83. The van der Waals surface area contributed by atoms with Crippen molar-refractivity contribution in [3.63, 3.8) is 0 Å². The van der Waals surface area contributed by atoms with Crippen molar-refractivity contribution < 1.29 is 0 Å². The quantitative estimate of drug-likeness (QED) is 0.866. The molecule has 2 N–H and O–H groups in total. The molecule has 2 heterocycles. The first kappa shape index (κ1) is 13.1. The number of rotatable bonds is 4. The molecule has 3 rings (SSSR count). The van der Waals surface area contributed by atoms with Gasteiger partial charge in [-0.15, -0.1) is 0 Å². The van der Waals surface area contributed by atoms with Gasteiger partial charge in [-0.05, 0) is 55.1 Å². The van der Waals surface area contributed by atoms with Crippen LogP contribution in [0.1, 0.15) is 30.0 Å². The van der Waals surface area contributed by atoms with Crippen molar-refractivity contribution in [3.05, 3.63) is 59.9 Å². The molecular formula is C17H21N3. The Balaban J connectivity index is 1.63. The molecule has 0 aliphatic carbocycles. The van der Waals surface area contributed by atoms with Gasteiger partial charge in [-0.1, -0.05) is 18.2 Å². The summed E-state index contributed by atoms with van der Waals surface area (Å²) in [7, 11) is 0. The smallest absolute Gasteiger partial charge is 0.0363 e. The molecular weight excluding hydrogens is 246 g/mol. The molecule has 0 radical (unpaired) electrons. The Morgan fingerprint density at radius 1 is 1.20 bits per heavy atom. The maximum atomic E-state index is 5.73. The van der Waals surface area contributed by atoms with Crippen LogP contribution in [0, 0.1) is 0 Å². The van der Waals surface area contributed by atoms with Gasteiger partial charge in [-0.3, -0.25) is 9.88 Å². The highest BCUT2D eigenvalue weighted by Crippen LogP contribution is 2.31. The van der Waals surface area contributed by atoms with E-state index >= 15 is 0 Å². The summed E-state index contributed by atoms with van der Waals surface area (Å²) in [6.07, 6.45) is 7.45. The van der Waals surface area contributed by atoms with Gasteiger partial charge in [0.25, 0.3) is 0 Å². The molecule has 0 saturated carbocycles. The topological polar surface area (TPSA) is 42.1 Å². The summed E-state index contributed by atoms with van der Waals surface area (Å²) in [6, 6.07) is 13.0. The number of pyridine rings is 1. The molecule has 104 valence electrons. The van der Waals surface area contributed by atoms with Crippen LogP contribution in [-0.4, -0.2) is 23.0 Å². The molecule has 1 aromatic carbocycles. The number of nitrogens with two attached hydrogens (primary N) is 1. The zero-order chi connectivity index (χ0) is 13.8. The van der Waals surface area contributed by atoms with E-state index in [1.54, 1.807) is 0 Å². The maximum Gasteiger partial charge on any atom is 0.0363 e. The van der Waals surface area contributed by atoms with Gasteiger partial charge in [0.05, 0.1) is 0 Å². The molecule has 1 unspecified atom stereocenters. The van der Waals surface area contributed by atoms with Crippen molar-refractivity contribution in [2.45, 2.75) is 25.3 Å². The number of hydrogen-bond donors (Lipinski definition) is 1. The molecule has 0 spiro atoms. The number of nitrogens with zero attached hydrogens (tertiary/aromatic N) is 2. The van der Waals surface area contributed by atoms with E-state index in [2.05, 4.69) is 28.1 Å². The van der Waals surface area contributed by atoms with Crippen molar-refractivity contribution in [3.8, 4) is 0 Å².